The zero-order valence-electron chi connectivity index (χ0n) is 10.4. The normalized spacial score (nSPS) is 15.2. The fraction of sp³-hybridized carbons (Fsp3) is 1.00. The molecule has 0 aromatic heterocycles. The van der Waals surface area contributed by atoms with E-state index in [1.165, 1.54) is 0 Å². The molecule has 0 saturated heterocycles. The molecule has 6 heteroatoms. The van der Waals surface area contributed by atoms with Crippen molar-refractivity contribution in [2.24, 2.45) is 10.8 Å². The number of halogens is 6. The summed E-state index contributed by atoms with van der Waals surface area (Å²) in [6.07, 6.45) is -11.0. The van der Waals surface area contributed by atoms with Crippen LogP contribution in [0.3, 0.4) is 0 Å². The summed E-state index contributed by atoms with van der Waals surface area (Å²) in [6, 6.07) is 0. The Morgan fingerprint density at radius 2 is 1.06 bits per heavy atom. The molecule has 0 fully saturated rings. The molecule has 0 aliphatic rings. The SMILES string of the molecule is CCC(C)(C)CCC(C)(C(F)(F)F)C(F)(F)F. The highest BCUT2D eigenvalue weighted by Gasteiger charge is 2.66. The number of hydrogen-bond acceptors (Lipinski definition) is 0. The summed E-state index contributed by atoms with van der Waals surface area (Å²) in [6.45, 7) is 5.32. The van der Waals surface area contributed by atoms with Crippen LogP contribution in [0.15, 0.2) is 0 Å². The summed E-state index contributed by atoms with van der Waals surface area (Å²) in [5, 5.41) is 0. The maximum absolute atomic E-state index is 12.6. The van der Waals surface area contributed by atoms with Crippen LogP contribution < -0.4 is 0 Å². The zero-order valence-corrected chi connectivity index (χ0v) is 10.4. The lowest BCUT2D eigenvalue weighted by molar-refractivity contribution is -0.337. The lowest BCUT2D eigenvalue weighted by Gasteiger charge is -2.36. The van der Waals surface area contributed by atoms with E-state index < -0.39 is 29.6 Å². The van der Waals surface area contributed by atoms with Crippen LogP contribution in [0.1, 0.15) is 47.0 Å². The molecular formula is C11H18F6. The van der Waals surface area contributed by atoms with Crippen LogP contribution in [0.4, 0.5) is 26.3 Å². The van der Waals surface area contributed by atoms with Gasteiger partial charge in [0.25, 0.3) is 0 Å². The van der Waals surface area contributed by atoms with Gasteiger partial charge in [-0.3, -0.25) is 0 Å². The first-order valence-electron chi connectivity index (χ1n) is 5.40. The van der Waals surface area contributed by atoms with Gasteiger partial charge in [-0.15, -0.1) is 0 Å². The van der Waals surface area contributed by atoms with Crippen molar-refractivity contribution < 1.29 is 26.3 Å². The average molecular weight is 264 g/mol. The van der Waals surface area contributed by atoms with Crippen molar-refractivity contribution in [3.63, 3.8) is 0 Å². The second-order valence-electron chi connectivity index (χ2n) is 5.35. The maximum atomic E-state index is 12.6. The molecule has 0 radical (unpaired) electrons. The second-order valence-corrected chi connectivity index (χ2v) is 5.35. The van der Waals surface area contributed by atoms with Gasteiger partial charge in [-0.2, -0.15) is 26.3 Å². The van der Waals surface area contributed by atoms with Crippen LogP contribution in [-0.2, 0) is 0 Å². The molecule has 0 atom stereocenters. The largest absolute Gasteiger partial charge is 0.402 e. The minimum atomic E-state index is -5.27. The molecule has 0 spiro atoms. The van der Waals surface area contributed by atoms with Gasteiger partial charge in [-0.25, -0.2) is 0 Å². The summed E-state index contributed by atoms with van der Waals surface area (Å²) in [5.74, 6) is 0. The Bertz CT molecular complexity index is 234. The molecule has 104 valence electrons. The van der Waals surface area contributed by atoms with E-state index in [0.717, 1.165) is 0 Å². The van der Waals surface area contributed by atoms with Gasteiger partial charge in [0.1, 0.15) is 0 Å². The standard InChI is InChI=1S/C11H18F6/c1-5-8(2,3)6-7-9(4,10(12,13)14)11(15,16)17/h5-7H2,1-4H3. The van der Waals surface area contributed by atoms with E-state index in [1.54, 1.807) is 20.8 Å². The predicted molar refractivity (Wildman–Crippen MR) is 53.5 cm³/mol. The molecule has 0 nitrogen and oxygen atoms in total. The lowest BCUT2D eigenvalue weighted by atomic mass is 9.76. The zero-order chi connectivity index (χ0) is 14.1. The first kappa shape index (κ1) is 16.6. The van der Waals surface area contributed by atoms with Crippen LogP contribution in [0, 0.1) is 10.8 Å². The van der Waals surface area contributed by atoms with E-state index >= 15 is 0 Å². The van der Waals surface area contributed by atoms with Crippen molar-refractivity contribution in [1.82, 2.24) is 0 Å². The minimum Gasteiger partial charge on any atom is -0.170 e. The van der Waals surface area contributed by atoms with Crippen LogP contribution >= 0.6 is 0 Å². The quantitative estimate of drug-likeness (QED) is 0.602. The topological polar surface area (TPSA) is 0 Å². The Labute approximate surface area is 97.4 Å². The summed E-state index contributed by atoms with van der Waals surface area (Å²) in [5.41, 5.74) is -4.13. The predicted octanol–water partition coefficient (Wildman–Crippen LogP) is 5.33. The summed E-state index contributed by atoms with van der Waals surface area (Å²) < 4.78 is 75.4. The first-order valence-corrected chi connectivity index (χ1v) is 5.40. The van der Waals surface area contributed by atoms with E-state index in [-0.39, 0.29) is 13.3 Å². The summed E-state index contributed by atoms with van der Waals surface area (Å²) >= 11 is 0. The Morgan fingerprint density at radius 3 is 1.29 bits per heavy atom. The molecule has 0 unspecified atom stereocenters. The Balaban J connectivity index is 5.01. The number of hydrogen-bond donors (Lipinski definition) is 0. The molecule has 0 aliphatic heterocycles. The Morgan fingerprint density at radius 1 is 0.706 bits per heavy atom. The van der Waals surface area contributed by atoms with Crippen molar-refractivity contribution in [3.05, 3.63) is 0 Å². The molecule has 0 aromatic rings. The highest BCUT2D eigenvalue weighted by Crippen LogP contribution is 2.54. The van der Waals surface area contributed by atoms with Gasteiger partial charge in [0.2, 0.25) is 0 Å². The molecular weight excluding hydrogens is 246 g/mol. The van der Waals surface area contributed by atoms with Gasteiger partial charge in [-0.05, 0) is 25.2 Å². The van der Waals surface area contributed by atoms with Gasteiger partial charge in [-0.1, -0.05) is 27.2 Å². The average Bonchev–Trinajstić information content (AvgIpc) is 2.10. The Kier molecular flexibility index (Phi) is 4.57. The van der Waals surface area contributed by atoms with Crippen molar-refractivity contribution in [2.45, 2.75) is 59.3 Å². The van der Waals surface area contributed by atoms with Gasteiger partial charge in [0.15, 0.2) is 5.41 Å². The summed E-state index contributed by atoms with van der Waals surface area (Å²) in [4.78, 5) is 0. The van der Waals surface area contributed by atoms with E-state index in [9.17, 15) is 26.3 Å². The fourth-order valence-corrected chi connectivity index (χ4v) is 1.21. The minimum absolute atomic E-state index is 0.112. The molecule has 0 saturated carbocycles. The molecule has 0 heterocycles. The van der Waals surface area contributed by atoms with Crippen molar-refractivity contribution in [1.29, 1.82) is 0 Å². The van der Waals surface area contributed by atoms with Gasteiger partial charge >= 0.3 is 12.4 Å². The molecule has 0 rings (SSSR count). The number of rotatable bonds is 4. The van der Waals surface area contributed by atoms with Crippen molar-refractivity contribution in [2.75, 3.05) is 0 Å². The molecule has 0 aliphatic carbocycles. The molecule has 0 bridgehead atoms. The van der Waals surface area contributed by atoms with E-state index in [4.69, 9.17) is 0 Å². The second kappa shape index (κ2) is 4.69. The van der Waals surface area contributed by atoms with Crippen molar-refractivity contribution in [3.8, 4) is 0 Å². The summed E-state index contributed by atoms with van der Waals surface area (Å²) in [7, 11) is 0. The van der Waals surface area contributed by atoms with Crippen LogP contribution in [0.25, 0.3) is 0 Å². The van der Waals surface area contributed by atoms with E-state index in [1.807, 2.05) is 0 Å². The third kappa shape index (κ3) is 3.78. The maximum Gasteiger partial charge on any atom is 0.402 e. The lowest BCUT2D eigenvalue weighted by Crippen LogP contribution is -2.48. The smallest absolute Gasteiger partial charge is 0.170 e. The Hall–Kier alpha value is -0.420. The van der Waals surface area contributed by atoms with E-state index in [0.29, 0.717) is 6.42 Å². The van der Waals surface area contributed by atoms with Crippen LogP contribution in [0.5, 0.6) is 0 Å². The highest BCUT2D eigenvalue weighted by atomic mass is 19.4. The van der Waals surface area contributed by atoms with Gasteiger partial charge < -0.3 is 0 Å². The molecule has 0 aromatic carbocycles. The third-order valence-corrected chi connectivity index (χ3v) is 3.51. The van der Waals surface area contributed by atoms with Crippen molar-refractivity contribution >= 4 is 0 Å². The monoisotopic (exact) mass is 264 g/mol. The van der Waals surface area contributed by atoms with Gasteiger partial charge in [0, 0.05) is 0 Å². The van der Waals surface area contributed by atoms with Crippen LogP contribution in [0.2, 0.25) is 0 Å². The third-order valence-electron chi connectivity index (χ3n) is 3.51. The molecule has 17 heavy (non-hydrogen) atoms. The van der Waals surface area contributed by atoms with Gasteiger partial charge in [0.05, 0.1) is 0 Å². The first-order chi connectivity index (χ1) is 7.27. The number of alkyl halides is 6. The van der Waals surface area contributed by atoms with Crippen LogP contribution in [-0.4, -0.2) is 12.4 Å². The molecule has 0 N–H and O–H groups in total. The molecule has 0 amide bonds. The van der Waals surface area contributed by atoms with E-state index in [2.05, 4.69) is 0 Å². The fourth-order valence-electron chi connectivity index (χ4n) is 1.21. The highest BCUT2D eigenvalue weighted by molar-refractivity contribution is 4.90.